The molecule has 7 atom stereocenters. The van der Waals surface area contributed by atoms with E-state index in [-0.39, 0.29) is 26.4 Å². The lowest BCUT2D eigenvalue weighted by atomic mass is 9.85. The van der Waals surface area contributed by atoms with E-state index in [4.69, 9.17) is 71.9 Å². The van der Waals surface area contributed by atoms with Crippen LogP contribution in [-0.4, -0.2) is 187 Å². The fraction of sp³-hybridized carbons (Fsp3) is 0.568. The Hall–Kier alpha value is -11.3. The first kappa shape index (κ1) is 124. The number of aliphatic carboxylic acids is 7. The molecule has 4 rings (SSSR count). The molecular weight excluding hydrogens is 1820 g/mol. The van der Waals surface area contributed by atoms with Crippen LogP contribution in [0.5, 0.6) is 0 Å². The van der Waals surface area contributed by atoms with Gasteiger partial charge in [0.05, 0.1) is 37.9 Å². The quantitative estimate of drug-likeness (QED) is 0.0156. The summed E-state index contributed by atoms with van der Waals surface area (Å²) in [5.41, 5.74) is 2.45. The number of rotatable bonds is 33. The molecular formula is C81H108F21N7O22. The zero-order valence-corrected chi connectivity index (χ0v) is 72.8. The summed E-state index contributed by atoms with van der Waals surface area (Å²) >= 11 is 0. The molecule has 0 aliphatic carbocycles. The van der Waals surface area contributed by atoms with Gasteiger partial charge in [-0.05, 0) is 67.2 Å². The van der Waals surface area contributed by atoms with Crippen LogP contribution in [0.1, 0.15) is 164 Å². The first-order valence-electron chi connectivity index (χ1n) is 38.1. The summed E-state index contributed by atoms with van der Waals surface area (Å²) < 4.78 is 283. The van der Waals surface area contributed by atoms with Gasteiger partial charge in [0.1, 0.15) is 68.7 Å². The number of alkyl carbamates (subject to hydrolysis) is 4. The number of benzene rings is 4. The highest BCUT2D eigenvalue weighted by Gasteiger charge is 2.55. The van der Waals surface area contributed by atoms with Crippen LogP contribution in [0.4, 0.5) is 111 Å². The van der Waals surface area contributed by atoms with Crippen molar-refractivity contribution >= 4 is 66.2 Å². The van der Waals surface area contributed by atoms with Crippen LogP contribution < -0.4 is 38.5 Å². The lowest BCUT2D eigenvalue weighted by Gasteiger charge is -2.30. The van der Waals surface area contributed by atoms with Gasteiger partial charge in [0.2, 0.25) is 0 Å². The summed E-state index contributed by atoms with van der Waals surface area (Å²) in [6.07, 6.45) is -41.0. The number of nitrogens with two attached hydrogens (primary N) is 3. The molecule has 0 aliphatic heterocycles. The van der Waals surface area contributed by atoms with Crippen molar-refractivity contribution in [3.05, 3.63) is 144 Å². The average molecular weight is 1930 g/mol. The van der Waals surface area contributed by atoms with Crippen LogP contribution >= 0.6 is 0 Å². The first-order chi connectivity index (χ1) is 58.8. The Morgan fingerprint density at radius 3 is 0.466 bits per heavy atom. The Bertz CT molecular complexity index is 3710. The van der Waals surface area contributed by atoms with Gasteiger partial charge in [0, 0.05) is 0 Å². The van der Waals surface area contributed by atoms with Gasteiger partial charge < -0.3 is 93.2 Å². The molecule has 0 aliphatic rings. The average Bonchev–Trinajstić information content (AvgIpc) is 0.799. The third-order valence-corrected chi connectivity index (χ3v) is 18.6. The number of ether oxygens (including phenoxy) is 4. The van der Waals surface area contributed by atoms with Crippen molar-refractivity contribution < 1.29 is 200 Å². The summed E-state index contributed by atoms with van der Waals surface area (Å²) in [5, 5.41) is 68.8. The molecule has 0 fully saturated rings. The summed E-state index contributed by atoms with van der Waals surface area (Å²) in [6.45, 7) is 12.1. The van der Waals surface area contributed by atoms with Crippen LogP contribution in [0.25, 0.3) is 0 Å². The molecule has 4 aromatic rings. The van der Waals surface area contributed by atoms with Gasteiger partial charge >= 0.3 is 109 Å². The van der Waals surface area contributed by atoms with Crippen LogP contribution in [0.2, 0.25) is 0 Å². The molecule has 4 amide bonds. The second kappa shape index (κ2) is 52.0. The van der Waals surface area contributed by atoms with Gasteiger partial charge in [-0.3, -0.25) is 14.4 Å². The van der Waals surface area contributed by atoms with Crippen LogP contribution in [0.15, 0.2) is 121 Å². The van der Waals surface area contributed by atoms with Crippen molar-refractivity contribution in [1.82, 2.24) is 21.3 Å². The third-order valence-electron chi connectivity index (χ3n) is 18.6. The summed E-state index contributed by atoms with van der Waals surface area (Å²) in [5.74, 6) is -10.5. The van der Waals surface area contributed by atoms with E-state index in [9.17, 15) is 145 Å². The number of hydrogen-bond donors (Lipinski definition) is 14. The molecule has 0 bridgehead atoms. The Morgan fingerprint density at radius 1 is 0.237 bits per heavy atom. The smallest absolute Gasteiger partial charge is 0.408 e. The summed E-state index contributed by atoms with van der Waals surface area (Å²) in [7, 11) is 0. The van der Waals surface area contributed by atoms with Gasteiger partial charge in [-0.25, -0.2) is 38.4 Å². The molecule has 4 aromatic carbocycles. The summed E-state index contributed by atoms with van der Waals surface area (Å²) in [6, 6.07) is 23.2. The molecule has 746 valence electrons. The fourth-order valence-corrected chi connectivity index (χ4v) is 9.19. The highest BCUT2D eigenvalue weighted by molar-refractivity contribution is 5.82. The van der Waals surface area contributed by atoms with E-state index in [1.165, 1.54) is 0 Å². The second-order valence-corrected chi connectivity index (χ2v) is 33.3. The lowest BCUT2D eigenvalue weighted by Crippen LogP contribution is -2.47. The van der Waals surface area contributed by atoms with Gasteiger partial charge in [-0.2, -0.15) is 92.2 Å². The predicted molar refractivity (Wildman–Crippen MR) is 423 cm³/mol. The molecule has 0 heterocycles. The van der Waals surface area contributed by atoms with E-state index in [1.807, 2.05) is 21.3 Å². The van der Waals surface area contributed by atoms with Crippen LogP contribution in [0, 0.1) is 37.9 Å². The highest BCUT2D eigenvalue weighted by Crippen LogP contribution is 2.47. The zero-order chi connectivity index (χ0) is 103. The Balaban J connectivity index is -0.00000148. The zero-order valence-electron chi connectivity index (χ0n) is 72.8. The van der Waals surface area contributed by atoms with Crippen molar-refractivity contribution in [2.24, 2.45) is 55.1 Å². The number of carboxylic acid groups (broad SMARTS) is 7. The maximum atomic E-state index is 12.8. The van der Waals surface area contributed by atoms with Crippen molar-refractivity contribution in [1.29, 1.82) is 0 Å². The Kier molecular flexibility index (Phi) is 49.2. The number of carbonyl (C=O) groups excluding carboxylic acids is 4. The SMILES string of the molecule is CC(C)(CC(N)C(=O)O)C(F)(F)F.CC(C)(C[C@@H](N)C(=O)O)C(F)(F)F.CC(C)(C[C@@H](NC(=O)OCc1ccccc1)C(=O)O)C(F)(F)F.CC(C)(C[C@@H](NC(=O)OCc1ccccc1)C(=O)O)C(F)(F)F.CC(C)(C[C@H](N)C(=O)O)C(F)(F)F.CC(C)(C[C@H](NC(=O)OCc1ccccc1)C(=O)O)C(F)(F)F.CC(C)(C[C@H](NC(=O)OCc1ccccc1)C(=O)O)C(F)(F)F. The van der Waals surface area contributed by atoms with E-state index >= 15 is 0 Å². The maximum absolute atomic E-state index is 12.8. The van der Waals surface area contributed by atoms with Gasteiger partial charge in [-0.1, -0.05) is 218 Å². The minimum atomic E-state index is -4.59. The normalized spacial score (nSPS) is 13.9. The number of amides is 4. The van der Waals surface area contributed by atoms with Gasteiger partial charge in [0.15, 0.2) is 0 Å². The third kappa shape index (κ3) is 48.4. The van der Waals surface area contributed by atoms with Crippen molar-refractivity contribution in [2.45, 2.75) is 254 Å². The second-order valence-electron chi connectivity index (χ2n) is 33.3. The number of hydrogen-bond acceptors (Lipinski definition) is 18. The Labute approximate surface area is 737 Å². The molecule has 0 spiro atoms. The maximum Gasteiger partial charge on any atom is 0.408 e. The van der Waals surface area contributed by atoms with Crippen molar-refractivity contribution in [2.75, 3.05) is 0 Å². The monoisotopic (exact) mass is 1930 g/mol. The van der Waals surface area contributed by atoms with Crippen molar-refractivity contribution in [3.8, 4) is 0 Å². The van der Waals surface area contributed by atoms with E-state index in [2.05, 4.69) is 0 Å². The van der Waals surface area contributed by atoms with E-state index in [1.54, 1.807) is 121 Å². The lowest BCUT2D eigenvalue weighted by molar-refractivity contribution is -0.216. The Morgan fingerprint density at radius 2 is 0.359 bits per heavy atom. The standard InChI is InChI=1S/4C15H18F3NO4.3C7H12F3NO2/c4*1-14(2,15(16,17)18)8-11(12(20)21)19-13(22)23-9-10-6-4-3-5-7-10;3*1-6(2,7(8,9)10)3-4(11)5(12)13/h4*3-7,11H,8-9H2,1-2H3,(H,19,22)(H,20,21);3*4H,3,11H2,1-2H3,(H,12,13)/t4*11-;2*4-;/m110010./s1. The minimum Gasteiger partial charge on any atom is -0.480 e. The van der Waals surface area contributed by atoms with Crippen molar-refractivity contribution in [3.63, 3.8) is 0 Å². The van der Waals surface area contributed by atoms with Gasteiger partial charge in [-0.15, -0.1) is 0 Å². The molecule has 17 N–H and O–H groups in total. The predicted octanol–water partition coefficient (Wildman–Crippen LogP) is 17.5. The molecule has 50 heteroatoms. The summed E-state index contributed by atoms with van der Waals surface area (Å²) in [4.78, 5) is 121. The first-order valence-corrected chi connectivity index (χ1v) is 38.1. The highest BCUT2D eigenvalue weighted by atomic mass is 19.4. The topological polar surface area (TPSA) is 492 Å². The number of halogens is 21. The fourth-order valence-electron chi connectivity index (χ4n) is 9.19. The molecule has 0 aromatic heterocycles. The van der Waals surface area contributed by atoms with E-state index < -0.39 is 235 Å². The molecule has 0 saturated heterocycles. The number of carboxylic acids is 7. The molecule has 0 saturated carbocycles. The number of nitrogens with one attached hydrogen (secondary N) is 4. The molecule has 131 heavy (non-hydrogen) atoms. The number of carbonyl (C=O) groups is 11. The van der Waals surface area contributed by atoms with Crippen LogP contribution in [-0.2, 0) is 78.9 Å². The van der Waals surface area contributed by atoms with Gasteiger partial charge in [0.25, 0.3) is 0 Å². The largest absolute Gasteiger partial charge is 0.480 e. The molecule has 0 radical (unpaired) electrons. The van der Waals surface area contributed by atoms with Crippen LogP contribution in [0.3, 0.4) is 0 Å². The number of alkyl halides is 21. The van der Waals surface area contributed by atoms with E-state index in [0.717, 1.165) is 96.9 Å². The molecule has 29 nitrogen and oxygen atoms in total. The van der Waals surface area contributed by atoms with E-state index in [0.29, 0.717) is 22.3 Å². The minimum absolute atomic E-state index is 0.109. The molecule has 1 unspecified atom stereocenters.